The van der Waals surface area contributed by atoms with Crippen LogP contribution in [0.15, 0.2) is 24.3 Å². The summed E-state index contributed by atoms with van der Waals surface area (Å²) < 4.78 is 11.5. The first-order valence-corrected chi connectivity index (χ1v) is 7.24. The molecule has 0 N–H and O–H groups in total. The summed E-state index contributed by atoms with van der Waals surface area (Å²) >= 11 is 0. The van der Waals surface area contributed by atoms with E-state index >= 15 is 0 Å². The molecule has 0 bridgehead atoms. The lowest BCUT2D eigenvalue weighted by molar-refractivity contribution is -0.178. The van der Waals surface area contributed by atoms with Gasteiger partial charge in [0.1, 0.15) is 6.07 Å². The molecular formula is C16H20N2O2. The van der Waals surface area contributed by atoms with Crippen molar-refractivity contribution in [2.45, 2.75) is 37.5 Å². The summed E-state index contributed by atoms with van der Waals surface area (Å²) in [6, 6.07) is 10.5. The predicted octanol–water partition coefficient (Wildman–Crippen LogP) is 2.68. The van der Waals surface area contributed by atoms with Gasteiger partial charge in [0, 0.05) is 25.9 Å². The van der Waals surface area contributed by atoms with Crippen LogP contribution in [-0.2, 0) is 9.47 Å². The molecule has 0 amide bonds. The zero-order chi connectivity index (χ0) is 14.0. The molecule has 4 heteroatoms. The van der Waals surface area contributed by atoms with Crippen molar-refractivity contribution in [2.75, 3.05) is 25.2 Å². The van der Waals surface area contributed by atoms with Gasteiger partial charge in [-0.25, -0.2) is 0 Å². The van der Waals surface area contributed by atoms with E-state index in [1.54, 1.807) is 0 Å². The van der Waals surface area contributed by atoms with Gasteiger partial charge in [-0.1, -0.05) is 12.1 Å². The Morgan fingerprint density at radius 2 is 1.85 bits per heavy atom. The Kier molecular flexibility index (Phi) is 3.64. The first-order valence-electron chi connectivity index (χ1n) is 7.24. The molecule has 3 rings (SSSR count). The minimum Gasteiger partial charge on any atom is -0.371 e. The number of rotatable bonds is 2. The van der Waals surface area contributed by atoms with Gasteiger partial charge in [-0.2, -0.15) is 5.26 Å². The maximum Gasteiger partial charge on any atom is 0.168 e. The Bertz CT molecular complexity index is 507. The molecular weight excluding hydrogens is 252 g/mol. The van der Waals surface area contributed by atoms with Crippen LogP contribution in [0.1, 0.15) is 31.2 Å². The van der Waals surface area contributed by atoms with Crippen molar-refractivity contribution >= 4 is 5.69 Å². The molecule has 106 valence electrons. The Morgan fingerprint density at radius 3 is 2.50 bits per heavy atom. The van der Waals surface area contributed by atoms with E-state index in [1.807, 2.05) is 24.3 Å². The van der Waals surface area contributed by atoms with Crippen LogP contribution >= 0.6 is 0 Å². The van der Waals surface area contributed by atoms with Crippen LogP contribution in [0.25, 0.3) is 0 Å². The number of para-hydroxylation sites is 1. The minimum absolute atomic E-state index is 0.313. The molecule has 1 aromatic rings. The number of anilines is 1. The first kappa shape index (κ1) is 13.4. The molecule has 0 radical (unpaired) electrons. The monoisotopic (exact) mass is 272 g/mol. The standard InChI is InChI=1S/C16H20N2O2/c1-18(15-5-3-2-4-13(15)12-17)14-6-8-16(9-7-14)19-10-11-20-16/h2-5,14H,6-11H2,1H3. The Morgan fingerprint density at radius 1 is 1.20 bits per heavy atom. The van der Waals surface area contributed by atoms with E-state index in [4.69, 9.17) is 9.47 Å². The molecule has 4 nitrogen and oxygen atoms in total. The van der Waals surface area contributed by atoms with E-state index in [0.717, 1.165) is 50.1 Å². The summed E-state index contributed by atoms with van der Waals surface area (Å²) in [5, 5.41) is 9.22. The summed E-state index contributed by atoms with van der Waals surface area (Å²) in [5.41, 5.74) is 1.76. The smallest absolute Gasteiger partial charge is 0.168 e. The molecule has 1 heterocycles. The average Bonchev–Trinajstić information content (AvgIpc) is 2.95. The van der Waals surface area contributed by atoms with Gasteiger partial charge in [0.15, 0.2) is 5.79 Å². The van der Waals surface area contributed by atoms with Gasteiger partial charge in [-0.05, 0) is 25.0 Å². The molecule has 0 unspecified atom stereocenters. The maximum absolute atomic E-state index is 9.22. The van der Waals surface area contributed by atoms with Gasteiger partial charge in [-0.3, -0.25) is 0 Å². The molecule has 0 aromatic heterocycles. The van der Waals surface area contributed by atoms with Crippen LogP contribution < -0.4 is 4.90 Å². The third kappa shape index (κ3) is 2.39. The van der Waals surface area contributed by atoms with Crippen molar-refractivity contribution in [1.29, 1.82) is 5.26 Å². The fourth-order valence-corrected chi connectivity index (χ4v) is 3.29. The number of hydrogen-bond donors (Lipinski definition) is 0. The van der Waals surface area contributed by atoms with E-state index in [1.165, 1.54) is 0 Å². The molecule has 1 saturated carbocycles. The van der Waals surface area contributed by atoms with Gasteiger partial charge in [0.25, 0.3) is 0 Å². The minimum atomic E-state index is -0.313. The summed E-state index contributed by atoms with van der Waals surface area (Å²) in [6.07, 6.45) is 3.96. The highest BCUT2D eigenvalue weighted by Gasteiger charge is 2.41. The zero-order valence-electron chi connectivity index (χ0n) is 11.8. The number of nitriles is 1. The summed E-state index contributed by atoms with van der Waals surface area (Å²) in [5.74, 6) is -0.313. The highest BCUT2D eigenvalue weighted by atomic mass is 16.7. The highest BCUT2D eigenvalue weighted by molar-refractivity contribution is 5.59. The van der Waals surface area contributed by atoms with Gasteiger partial charge in [0.2, 0.25) is 0 Å². The second-order valence-corrected chi connectivity index (χ2v) is 5.58. The SMILES string of the molecule is CN(c1ccccc1C#N)C1CCC2(CC1)OCCO2. The topological polar surface area (TPSA) is 45.5 Å². The second kappa shape index (κ2) is 5.43. The Hall–Kier alpha value is -1.57. The maximum atomic E-state index is 9.22. The lowest BCUT2D eigenvalue weighted by atomic mass is 9.89. The Balaban J connectivity index is 1.70. The van der Waals surface area contributed by atoms with Crippen molar-refractivity contribution in [2.24, 2.45) is 0 Å². The summed E-state index contributed by atoms with van der Waals surface area (Å²) in [7, 11) is 2.08. The molecule has 1 aliphatic heterocycles. The second-order valence-electron chi connectivity index (χ2n) is 5.58. The molecule has 2 fully saturated rings. The van der Waals surface area contributed by atoms with Crippen molar-refractivity contribution in [3.8, 4) is 6.07 Å². The average molecular weight is 272 g/mol. The molecule has 1 saturated heterocycles. The molecule has 20 heavy (non-hydrogen) atoms. The molecule has 1 spiro atoms. The van der Waals surface area contributed by atoms with Crippen molar-refractivity contribution in [1.82, 2.24) is 0 Å². The van der Waals surface area contributed by atoms with Gasteiger partial charge in [0.05, 0.1) is 24.5 Å². The normalized spacial score (nSPS) is 21.8. The van der Waals surface area contributed by atoms with Crippen LogP contribution in [0.2, 0.25) is 0 Å². The predicted molar refractivity (Wildman–Crippen MR) is 76.5 cm³/mol. The van der Waals surface area contributed by atoms with Gasteiger partial charge in [-0.15, -0.1) is 0 Å². The van der Waals surface area contributed by atoms with E-state index in [-0.39, 0.29) is 5.79 Å². The zero-order valence-corrected chi connectivity index (χ0v) is 11.8. The lowest BCUT2D eigenvalue weighted by Crippen LogP contribution is -2.43. The van der Waals surface area contributed by atoms with Crippen LogP contribution in [0.4, 0.5) is 5.69 Å². The summed E-state index contributed by atoms with van der Waals surface area (Å²) in [6.45, 7) is 1.44. The molecule has 0 atom stereocenters. The van der Waals surface area contributed by atoms with Crippen LogP contribution in [-0.4, -0.2) is 32.1 Å². The highest BCUT2D eigenvalue weighted by Crippen LogP contribution is 2.38. The number of ether oxygens (including phenoxy) is 2. The van der Waals surface area contributed by atoms with E-state index in [2.05, 4.69) is 18.0 Å². The number of nitrogens with zero attached hydrogens (tertiary/aromatic N) is 2. The van der Waals surface area contributed by atoms with Crippen LogP contribution in [0.3, 0.4) is 0 Å². The van der Waals surface area contributed by atoms with Crippen molar-refractivity contribution in [3.63, 3.8) is 0 Å². The van der Waals surface area contributed by atoms with Crippen molar-refractivity contribution in [3.05, 3.63) is 29.8 Å². The van der Waals surface area contributed by atoms with Crippen molar-refractivity contribution < 1.29 is 9.47 Å². The third-order valence-electron chi connectivity index (χ3n) is 4.48. The fourth-order valence-electron chi connectivity index (χ4n) is 3.29. The van der Waals surface area contributed by atoms with Crippen LogP contribution in [0, 0.1) is 11.3 Å². The van der Waals surface area contributed by atoms with E-state index in [9.17, 15) is 5.26 Å². The summed E-state index contributed by atoms with van der Waals surface area (Å²) in [4.78, 5) is 2.24. The quantitative estimate of drug-likeness (QED) is 0.830. The third-order valence-corrected chi connectivity index (χ3v) is 4.48. The largest absolute Gasteiger partial charge is 0.371 e. The lowest BCUT2D eigenvalue weighted by Gasteiger charge is -2.40. The molecule has 1 aromatic carbocycles. The van der Waals surface area contributed by atoms with E-state index in [0.29, 0.717) is 6.04 Å². The fraction of sp³-hybridized carbons (Fsp3) is 0.562. The Labute approximate surface area is 119 Å². The van der Waals surface area contributed by atoms with Gasteiger partial charge < -0.3 is 14.4 Å². The first-order chi connectivity index (χ1) is 9.74. The molecule has 1 aliphatic carbocycles. The van der Waals surface area contributed by atoms with E-state index < -0.39 is 0 Å². The molecule has 2 aliphatic rings. The number of hydrogen-bond acceptors (Lipinski definition) is 4. The van der Waals surface area contributed by atoms with Gasteiger partial charge >= 0.3 is 0 Å². The number of benzene rings is 1. The van der Waals surface area contributed by atoms with Crippen LogP contribution in [0.5, 0.6) is 0 Å².